The van der Waals surface area contributed by atoms with E-state index in [1.807, 2.05) is 52.0 Å². The summed E-state index contributed by atoms with van der Waals surface area (Å²) in [5.74, 6) is 0.750. The van der Waals surface area contributed by atoms with E-state index in [1.54, 1.807) is 4.68 Å². The van der Waals surface area contributed by atoms with Crippen molar-refractivity contribution in [2.45, 2.75) is 39.7 Å². The number of nitrogens with one attached hydrogen (secondary N) is 1. The van der Waals surface area contributed by atoms with Crippen molar-refractivity contribution in [3.05, 3.63) is 57.8 Å². The standard InChI is InChI=1S/C18H20BrN5O2/c1-11-14(9-20-24(11)13-7-5-6-12(19)8-13)16(25)26-10-15-21-17(23-22-15)18(2,3)4/h5-9H,10H2,1-4H3,(H,21,22,23). The van der Waals surface area contributed by atoms with Crippen molar-refractivity contribution in [3.63, 3.8) is 0 Å². The van der Waals surface area contributed by atoms with Crippen LogP contribution in [0.25, 0.3) is 5.69 Å². The molecule has 26 heavy (non-hydrogen) atoms. The van der Waals surface area contributed by atoms with Gasteiger partial charge in [-0.3, -0.25) is 5.10 Å². The monoisotopic (exact) mass is 417 g/mol. The van der Waals surface area contributed by atoms with Crippen LogP contribution in [-0.2, 0) is 16.8 Å². The summed E-state index contributed by atoms with van der Waals surface area (Å²) in [7, 11) is 0. The number of ether oxygens (including phenoxy) is 1. The molecule has 0 bridgehead atoms. The second-order valence-corrected chi connectivity index (χ2v) is 7.88. The highest BCUT2D eigenvalue weighted by Crippen LogP contribution is 2.20. The van der Waals surface area contributed by atoms with Crippen LogP contribution in [0.3, 0.4) is 0 Å². The van der Waals surface area contributed by atoms with E-state index in [2.05, 4.69) is 36.2 Å². The predicted molar refractivity (Wildman–Crippen MR) is 100 cm³/mol. The SMILES string of the molecule is Cc1c(C(=O)OCc2nc(C(C)(C)C)n[nH]2)cnn1-c1cccc(Br)c1. The molecule has 7 nitrogen and oxygen atoms in total. The van der Waals surface area contributed by atoms with Crippen LogP contribution >= 0.6 is 15.9 Å². The molecule has 3 aromatic rings. The Morgan fingerprint density at radius 2 is 2.12 bits per heavy atom. The Morgan fingerprint density at radius 3 is 2.77 bits per heavy atom. The first-order valence-corrected chi connectivity index (χ1v) is 8.94. The maximum atomic E-state index is 12.4. The van der Waals surface area contributed by atoms with Gasteiger partial charge in [0.1, 0.15) is 5.56 Å². The van der Waals surface area contributed by atoms with E-state index in [4.69, 9.17) is 4.74 Å². The van der Waals surface area contributed by atoms with E-state index < -0.39 is 5.97 Å². The van der Waals surface area contributed by atoms with Crippen LogP contribution in [0.2, 0.25) is 0 Å². The molecule has 0 aliphatic heterocycles. The van der Waals surface area contributed by atoms with Gasteiger partial charge >= 0.3 is 5.97 Å². The number of rotatable bonds is 4. The van der Waals surface area contributed by atoms with Crippen LogP contribution in [0.1, 0.15) is 48.5 Å². The molecular formula is C18H20BrN5O2. The number of carbonyl (C=O) groups excluding carboxylic acids is 1. The Morgan fingerprint density at radius 1 is 1.35 bits per heavy atom. The van der Waals surface area contributed by atoms with Crippen molar-refractivity contribution in [2.24, 2.45) is 0 Å². The van der Waals surface area contributed by atoms with Crippen molar-refractivity contribution >= 4 is 21.9 Å². The topological polar surface area (TPSA) is 85.7 Å². The van der Waals surface area contributed by atoms with E-state index in [-0.39, 0.29) is 12.0 Å². The fourth-order valence-corrected chi connectivity index (χ4v) is 2.77. The Kier molecular flexibility index (Phi) is 4.95. The van der Waals surface area contributed by atoms with Crippen LogP contribution in [-0.4, -0.2) is 30.9 Å². The summed E-state index contributed by atoms with van der Waals surface area (Å²) < 4.78 is 8.00. The maximum Gasteiger partial charge on any atom is 0.342 e. The summed E-state index contributed by atoms with van der Waals surface area (Å²) in [4.78, 5) is 16.8. The number of H-pyrrole nitrogens is 1. The number of nitrogens with zero attached hydrogens (tertiary/aromatic N) is 4. The van der Waals surface area contributed by atoms with E-state index in [0.717, 1.165) is 10.2 Å². The molecule has 136 valence electrons. The summed E-state index contributed by atoms with van der Waals surface area (Å²) in [6.07, 6.45) is 1.51. The van der Waals surface area contributed by atoms with Crippen molar-refractivity contribution < 1.29 is 9.53 Å². The smallest absolute Gasteiger partial charge is 0.342 e. The van der Waals surface area contributed by atoms with Gasteiger partial charge in [0.15, 0.2) is 18.3 Å². The maximum absolute atomic E-state index is 12.4. The molecule has 8 heteroatoms. The van der Waals surface area contributed by atoms with E-state index in [1.165, 1.54) is 6.20 Å². The van der Waals surface area contributed by atoms with Gasteiger partial charge in [0.05, 0.1) is 17.6 Å². The van der Waals surface area contributed by atoms with Gasteiger partial charge in [0, 0.05) is 9.89 Å². The lowest BCUT2D eigenvalue weighted by Crippen LogP contribution is -2.13. The van der Waals surface area contributed by atoms with Gasteiger partial charge in [-0.25, -0.2) is 14.5 Å². The van der Waals surface area contributed by atoms with Crippen molar-refractivity contribution in [2.75, 3.05) is 0 Å². The van der Waals surface area contributed by atoms with Gasteiger partial charge in [0.25, 0.3) is 0 Å². The number of hydrogen-bond donors (Lipinski definition) is 1. The first kappa shape index (κ1) is 18.3. The molecule has 0 atom stereocenters. The highest BCUT2D eigenvalue weighted by Gasteiger charge is 2.21. The summed E-state index contributed by atoms with van der Waals surface area (Å²) in [6.45, 7) is 7.92. The lowest BCUT2D eigenvalue weighted by Gasteiger charge is -2.11. The van der Waals surface area contributed by atoms with Crippen LogP contribution in [0.4, 0.5) is 0 Å². The zero-order valence-electron chi connectivity index (χ0n) is 15.1. The highest BCUT2D eigenvalue weighted by molar-refractivity contribution is 9.10. The lowest BCUT2D eigenvalue weighted by atomic mass is 9.96. The average Bonchev–Trinajstić information content (AvgIpc) is 3.19. The first-order chi connectivity index (χ1) is 12.3. The van der Waals surface area contributed by atoms with Gasteiger partial charge in [-0.15, -0.1) is 0 Å². The average molecular weight is 418 g/mol. The van der Waals surface area contributed by atoms with Gasteiger partial charge in [-0.2, -0.15) is 10.2 Å². The van der Waals surface area contributed by atoms with Gasteiger partial charge in [-0.1, -0.05) is 42.8 Å². The third kappa shape index (κ3) is 3.85. The molecule has 0 aliphatic carbocycles. The molecule has 0 aliphatic rings. The molecule has 0 unspecified atom stereocenters. The Labute approximate surface area is 159 Å². The Bertz CT molecular complexity index is 939. The van der Waals surface area contributed by atoms with Gasteiger partial charge < -0.3 is 4.74 Å². The van der Waals surface area contributed by atoms with Crippen LogP contribution in [0, 0.1) is 6.92 Å². The number of aromatic amines is 1. The molecule has 2 aromatic heterocycles. The summed E-state index contributed by atoms with van der Waals surface area (Å²) in [6, 6.07) is 7.69. The minimum Gasteiger partial charge on any atom is -0.454 e. The summed E-state index contributed by atoms with van der Waals surface area (Å²) >= 11 is 3.44. The molecule has 0 saturated carbocycles. The van der Waals surface area contributed by atoms with Crippen molar-refractivity contribution in [3.8, 4) is 5.69 Å². The third-order valence-corrected chi connectivity index (χ3v) is 4.32. The number of halogens is 1. The predicted octanol–water partition coefficient (Wildman–Crippen LogP) is 3.72. The molecule has 0 spiro atoms. The molecule has 0 saturated heterocycles. The molecule has 0 radical (unpaired) electrons. The van der Waals surface area contributed by atoms with Crippen LogP contribution < -0.4 is 0 Å². The molecule has 3 rings (SSSR count). The Balaban J connectivity index is 1.72. The van der Waals surface area contributed by atoms with E-state index in [9.17, 15) is 4.79 Å². The first-order valence-electron chi connectivity index (χ1n) is 8.15. The largest absolute Gasteiger partial charge is 0.454 e. The number of esters is 1. The second kappa shape index (κ2) is 7.03. The number of benzene rings is 1. The minimum absolute atomic E-state index is 0.0312. The van der Waals surface area contributed by atoms with Gasteiger partial charge in [-0.05, 0) is 25.1 Å². The summed E-state index contributed by atoms with van der Waals surface area (Å²) in [5.41, 5.74) is 1.82. The highest BCUT2D eigenvalue weighted by atomic mass is 79.9. The summed E-state index contributed by atoms with van der Waals surface area (Å²) in [5, 5.41) is 11.3. The van der Waals surface area contributed by atoms with Gasteiger partial charge in [0.2, 0.25) is 0 Å². The molecule has 0 amide bonds. The minimum atomic E-state index is -0.447. The molecule has 0 fully saturated rings. The zero-order chi connectivity index (χ0) is 18.9. The lowest BCUT2D eigenvalue weighted by molar-refractivity contribution is 0.0461. The second-order valence-electron chi connectivity index (χ2n) is 6.97. The third-order valence-electron chi connectivity index (χ3n) is 3.83. The quantitative estimate of drug-likeness (QED) is 0.653. The van der Waals surface area contributed by atoms with Crippen LogP contribution in [0.5, 0.6) is 0 Å². The number of hydrogen-bond acceptors (Lipinski definition) is 5. The number of aromatic nitrogens is 5. The van der Waals surface area contributed by atoms with Crippen LogP contribution in [0.15, 0.2) is 34.9 Å². The fourth-order valence-electron chi connectivity index (χ4n) is 2.39. The Hall–Kier alpha value is -2.48. The normalized spacial score (nSPS) is 11.6. The molecular weight excluding hydrogens is 398 g/mol. The molecule has 1 N–H and O–H groups in total. The molecule has 1 aromatic carbocycles. The van der Waals surface area contributed by atoms with Crippen molar-refractivity contribution in [1.82, 2.24) is 25.0 Å². The fraction of sp³-hybridized carbons (Fsp3) is 0.333. The molecule has 2 heterocycles. The zero-order valence-corrected chi connectivity index (χ0v) is 16.7. The van der Waals surface area contributed by atoms with E-state index >= 15 is 0 Å². The van der Waals surface area contributed by atoms with Crippen molar-refractivity contribution in [1.29, 1.82) is 0 Å². The van der Waals surface area contributed by atoms with E-state index in [0.29, 0.717) is 22.9 Å². The number of carbonyl (C=O) groups is 1.